The SMILES string of the molecule is COc1cc(/C=C/C(=O)Nc2cc(C)ccc2C)cc(Cl)c1OCC(C)C. The minimum absolute atomic E-state index is 0.209. The smallest absolute Gasteiger partial charge is 0.248 e. The number of carbonyl (C=O) groups is 1. The van der Waals surface area contributed by atoms with Crippen LogP contribution in [0.4, 0.5) is 5.69 Å². The number of carbonyl (C=O) groups excluding carboxylic acids is 1. The molecule has 2 rings (SSSR count). The molecule has 0 saturated heterocycles. The lowest BCUT2D eigenvalue weighted by molar-refractivity contribution is -0.111. The summed E-state index contributed by atoms with van der Waals surface area (Å²) in [6.07, 6.45) is 3.17. The van der Waals surface area contributed by atoms with Gasteiger partial charge >= 0.3 is 0 Å². The van der Waals surface area contributed by atoms with E-state index in [4.69, 9.17) is 21.1 Å². The van der Waals surface area contributed by atoms with Gasteiger partial charge in [0.2, 0.25) is 5.91 Å². The van der Waals surface area contributed by atoms with Crippen LogP contribution in [0.3, 0.4) is 0 Å². The highest BCUT2D eigenvalue weighted by Gasteiger charge is 2.12. The van der Waals surface area contributed by atoms with Crippen molar-refractivity contribution in [2.24, 2.45) is 5.92 Å². The summed E-state index contributed by atoms with van der Waals surface area (Å²) >= 11 is 6.34. The summed E-state index contributed by atoms with van der Waals surface area (Å²) in [5.41, 5.74) is 3.66. The Kier molecular flexibility index (Phi) is 7.31. The first-order valence-electron chi connectivity index (χ1n) is 8.86. The third kappa shape index (κ3) is 6.04. The van der Waals surface area contributed by atoms with Gasteiger partial charge in [0.05, 0.1) is 18.7 Å². The topological polar surface area (TPSA) is 47.6 Å². The molecule has 5 heteroatoms. The predicted molar refractivity (Wildman–Crippen MR) is 112 cm³/mol. The molecule has 0 heterocycles. The van der Waals surface area contributed by atoms with Crippen LogP contribution in [0.1, 0.15) is 30.5 Å². The minimum Gasteiger partial charge on any atom is -0.493 e. The van der Waals surface area contributed by atoms with Crippen molar-refractivity contribution in [3.05, 3.63) is 58.1 Å². The van der Waals surface area contributed by atoms with Gasteiger partial charge < -0.3 is 14.8 Å². The fourth-order valence-corrected chi connectivity index (χ4v) is 2.72. The van der Waals surface area contributed by atoms with Crippen molar-refractivity contribution in [2.45, 2.75) is 27.7 Å². The Morgan fingerprint density at radius 1 is 1.22 bits per heavy atom. The number of nitrogens with one attached hydrogen (secondary N) is 1. The van der Waals surface area contributed by atoms with Crippen LogP contribution in [0.25, 0.3) is 6.08 Å². The summed E-state index contributed by atoms with van der Waals surface area (Å²) in [5.74, 6) is 1.22. The Morgan fingerprint density at radius 2 is 1.96 bits per heavy atom. The van der Waals surface area contributed by atoms with E-state index in [9.17, 15) is 4.79 Å². The molecule has 0 atom stereocenters. The number of ether oxygens (including phenoxy) is 2. The Labute approximate surface area is 166 Å². The van der Waals surface area contributed by atoms with Crippen molar-refractivity contribution in [1.29, 1.82) is 0 Å². The molecular formula is C22H26ClNO3. The Balaban J connectivity index is 2.15. The summed E-state index contributed by atoms with van der Waals surface area (Å²) < 4.78 is 11.1. The van der Waals surface area contributed by atoms with E-state index in [1.165, 1.54) is 6.08 Å². The third-order valence-electron chi connectivity index (χ3n) is 3.89. The molecule has 0 fully saturated rings. The fourth-order valence-electron chi connectivity index (χ4n) is 2.44. The molecule has 0 aliphatic rings. The van der Waals surface area contributed by atoms with Gasteiger partial charge in [-0.1, -0.05) is 37.6 Å². The standard InChI is InChI=1S/C22H26ClNO3/c1-14(2)13-27-22-18(23)11-17(12-20(22)26-5)8-9-21(25)24-19-10-15(3)6-7-16(19)4/h6-12,14H,13H2,1-5H3,(H,24,25)/b9-8+. The maximum Gasteiger partial charge on any atom is 0.248 e. The second-order valence-corrected chi connectivity index (χ2v) is 7.29. The second-order valence-electron chi connectivity index (χ2n) is 6.88. The summed E-state index contributed by atoms with van der Waals surface area (Å²) in [6, 6.07) is 9.49. The van der Waals surface area contributed by atoms with Crippen molar-refractivity contribution in [3.63, 3.8) is 0 Å². The van der Waals surface area contributed by atoms with Gasteiger partial charge in [-0.25, -0.2) is 0 Å². The first-order chi connectivity index (χ1) is 12.8. The summed E-state index contributed by atoms with van der Waals surface area (Å²) in [4.78, 5) is 12.2. The lowest BCUT2D eigenvalue weighted by Gasteiger charge is -2.14. The van der Waals surface area contributed by atoms with Gasteiger partial charge in [-0.3, -0.25) is 4.79 Å². The van der Waals surface area contributed by atoms with Crippen LogP contribution in [0.2, 0.25) is 5.02 Å². The van der Waals surface area contributed by atoms with Crippen LogP contribution in [-0.2, 0) is 4.79 Å². The minimum atomic E-state index is -0.209. The fraction of sp³-hybridized carbons (Fsp3) is 0.318. The highest BCUT2D eigenvalue weighted by atomic mass is 35.5. The largest absolute Gasteiger partial charge is 0.493 e. The van der Waals surface area contributed by atoms with Crippen molar-refractivity contribution < 1.29 is 14.3 Å². The van der Waals surface area contributed by atoms with Crippen LogP contribution in [0, 0.1) is 19.8 Å². The van der Waals surface area contributed by atoms with E-state index in [0.29, 0.717) is 29.0 Å². The molecule has 27 heavy (non-hydrogen) atoms. The summed E-state index contributed by atoms with van der Waals surface area (Å²) in [5, 5.41) is 3.34. The Morgan fingerprint density at radius 3 is 2.63 bits per heavy atom. The number of anilines is 1. The van der Waals surface area contributed by atoms with Crippen LogP contribution in [0.5, 0.6) is 11.5 Å². The summed E-state index contributed by atoms with van der Waals surface area (Å²) in [6.45, 7) is 8.61. The Hall–Kier alpha value is -2.46. The van der Waals surface area contributed by atoms with E-state index in [-0.39, 0.29) is 5.91 Å². The maximum atomic E-state index is 12.2. The van der Waals surface area contributed by atoms with Crippen molar-refractivity contribution in [1.82, 2.24) is 0 Å². The molecule has 0 unspecified atom stereocenters. The number of rotatable bonds is 7. The molecule has 2 aromatic rings. The van der Waals surface area contributed by atoms with Gasteiger partial charge in [0.25, 0.3) is 0 Å². The average molecular weight is 388 g/mol. The van der Waals surface area contributed by atoms with Crippen molar-refractivity contribution >= 4 is 29.3 Å². The van der Waals surface area contributed by atoms with Crippen LogP contribution < -0.4 is 14.8 Å². The number of amides is 1. The third-order valence-corrected chi connectivity index (χ3v) is 4.17. The second kappa shape index (κ2) is 9.47. The van der Waals surface area contributed by atoms with E-state index < -0.39 is 0 Å². The van der Waals surface area contributed by atoms with Crippen molar-refractivity contribution in [2.75, 3.05) is 19.0 Å². The number of hydrogen-bond donors (Lipinski definition) is 1. The van der Waals surface area contributed by atoms with Gasteiger partial charge in [-0.05, 0) is 60.7 Å². The van der Waals surface area contributed by atoms with Gasteiger partial charge in [0.15, 0.2) is 11.5 Å². The zero-order chi connectivity index (χ0) is 20.0. The quantitative estimate of drug-likeness (QED) is 0.624. The molecule has 1 N–H and O–H groups in total. The first kappa shape index (κ1) is 20.8. The molecule has 0 spiro atoms. The lowest BCUT2D eigenvalue weighted by Crippen LogP contribution is -2.09. The van der Waals surface area contributed by atoms with E-state index in [0.717, 1.165) is 22.4 Å². The number of aryl methyl sites for hydroxylation is 2. The molecule has 0 radical (unpaired) electrons. The van der Waals surface area contributed by atoms with Crippen LogP contribution in [-0.4, -0.2) is 19.6 Å². The van der Waals surface area contributed by atoms with Crippen LogP contribution >= 0.6 is 11.6 Å². The zero-order valence-corrected chi connectivity index (χ0v) is 17.2. The number of halogens is 1. The maximum absolute atomic E-state index is 12.2. The molecular weight excluding hydrogens is 362 g/mol. The summed E-state index contributed by atoms with van der Waals surface area (Å²) in [7, 11) is 1.56. The molecule has 0 bridgehead atoms. The molecule has 0 aliphatic carbocycles. The van der Waals surface area contributed by atoms with Crippen molar-refractivity contribution in [3.8, 4) is 11.5 Å². The van der Waals surface area contributed by atoms with Gasteiger partial charge in [-0.15, -0.1) is 0 Å². The van der Waals surface area contributed by atoms with E-state index >= 15 is 0 Å². The lowest BCUT2D eigenvalue weighted by atomic mass is 10.1. The first-order valence-corrected chi connectivity index (χ1v) is 9.24. The number of methoxy groups -OCH3 is 1. The molecule has 144 valence electrons. The molecule has 0 aromatic heterocycles. The predicted octanol–water partition coefficient (Wildman–Crippen LogP) is 5.65. The van der Waals surface area contributed by atoms with Crippen LogP contribution in [0.15, 0.2) is 36.4 Å². The van der Waals surface area contributed by atoms with E-state index in [2.05, 4.69) is 19.2 Å². The molecule has 4 nitrogen and oxygen atoms in total. The zero-order valence-electron chi connectivity index (χ0n) is 16.4. The van der Waals surface area contributed by atoms with E-state index in [1.54, 1.807) is 25.3 Å². The molecule has 0 aliphatic heterocycles. The average Bonchev–Trinajstić information content (AvgIpc) is 2.61. The number of hydrogen-bond acceptors (Lipinski definition) is 3. The van der Waals surface area contributed by atoms with Gasteiger partial charge in [-0.2, -0.15) is 0 Å². The highest BCUT2D eigenvalue weighted by Crippen LogP contribution is 2.37. The Bertz CT molecular complexity index is 844. The normalized spacial score (nSPS) is 11.1. The molecule has 0 saturated carbocycles. The number of benzene rings is 2. The highest BCUT2D eigenvalue weighted by molar-refractivity contribution is 6.32. The molecule has 2 aromatic carbocycles. The van der Waals surface area contributed by atoms with E-state index in [1.807, 2.05) is 32.0 Å². The monoisotopic (exact) mass is 387 g/mol. The van der Waals surface area contributed by atoms with Gasteiger partial charge in [0.1, 0.15) is 0 Å². The molecule has 1 amide bonds. The van der Waals surface area contributed by atoms with Gasteiger partial charge in [0, 0.05) is 11.8 Å².